The monoisotopic (exact) mass is 514 g/mol. The van der Waals surface area contributed by atoms with Gasteiger partial charge < -0.3 is 19.8 Å². The number of carbonyl (C=O) groups is 1. The molecule has 1 aliphatic rings. The summed E-state index contributed by atoms with van der Waals surface area (Å²) in [4.78, 5) is 18.7. The summed E-state index contributed by atoms with van der Waals surface area (Å²) >= 11 is 3.68. The molecule has 0 atom stereocenters. The lowest BCUT2D eigenvalue weighted by Crippen LogP contribution is -2.42. The van der Waals surface area contributed by atoms with Crippen molar-refractivity contribution in [1.29, 1.82) is 0 Å². The number of piperidine rings is 1. The predicted octanol–water partition coefficient (Wildman–Crippen LogP) is 5.47. The number of thiophene rings is 1. The fraction of sp³-hybridized carbons (Fsp3) is 0.481. The first-order valence-electron chi connectivity index (χ1n) is 12.2. The molecule has 1 aliphatic heterocycles. The Labute approximate surface area is 215 Å². The summed E-state index contributed by atoms with van der Waals surface area (Å²) in [6, 6.07) is 10.1. The number of carboxylic acids is 1. The zero-order chi connectivity index (χ0) is 24.7. The van der Waals surface area contributed by atoms with Crippen LogP contribution in [0, 0.1) is 5.41 Å². The van der Waals surface area contributed by atoms with Gasteiger partial charge in [0.2, 0.25) is 0 Å². The Bertz CT molecular complexity index is 1110. The first kappa shape index (κ1) is 25.9. The molecule has 35 heavy (non-hydrogen) atoms. The van der Waals surface area contributed by atoms with Crippen molar-refractivity contribution in [3.63, 3.8) is 0 Å². The van der Waals surface area contributed by atoms with Gasteiger partial charge in [-0.25, -0.2) is 0 Å². The Morgan fingerprint density at radius 3 is 2.80 bits per heavy atom. The van der Waals surface area contributed by atoms with E-state index in [1.807, 2.05) is 30.0 Å². The molecule has 4 rings (SSSR count). The van der Waals surface area contributed by atoms with Crippen molar-refractivity contribution in [2.24, 2.45) is 5.41 Å². The fourth-order valence-corrected chi connectivity index (χ4v) is 7.04. The third-order valence-corrected chi connectivity index (χ3v) is 9.28. The Hall–Kier alpha value is -2.13. The number of ether oxygens (including phenoxy) is 1. The molecule has 3 heterocycles. The molecule has 0 amide bonds. The minimum Gasteiger partial charge on any atom is -0.497 e. The van der Waals surface area contributed by atoms with Gasteiger partial charge in [-0.15, -0.1) is 23.1 Å². The molecule has 2 N–H and O–H groups in total. The van der Waals surface area contributed by atoms with E-state index in [0.717, 1.165) is 85.3 Å². The molecule has 1 saturated heterocycles. The van der Waals surface area contributed by atoms with Gasteiger partial charge in [-0.3, -0.25) is 9.78 Å². The Morgan fingerprint density at radius 1 is 1.29 bits per heavy atom. The van der Waals surface area contributed by atoms with Gasteiger partial charge in [-0.05, 0) is 91.4 Å². The molecular formula is C27H34N2O4S2. The second-order valence-electron chi connectivity index (χ2n) is 9.35. The topological polar surface area (TPSA) is 82.9 Å². The standard InChI is InChI=1S/C27H34N2O4S2/c1-33-21-6-7-24-23(16-21)22(20(19-30)18-28-24)4-2-8-27(17-25(31)32)9-11-29(12-10-27)13-15-35-26-5-3-14-34-26/h3,5-7,14,16,18,30H,2,4,8-13,15,17,19H2,1H3,(H,31,32). The van der Waals surface area contributed by atoms with E-state index < -0.39 is 5.97 Å². The maximum absolute atomic E-state index is 11.8. The van der Waals surface area contributed by atoms with Crippen LogP contribution < -0.4 is 4.74 Å². The first-order chi connectivity index (χ1) is 17.0. The summed E-state index contributed by atoms with van der Waals surface area (Å²) in [5.74, 6) is 1.12. The largest absolute Gasteiger partial charge is 0.497 e. The molecule has 0 spiro atoms. The number of aryl methyl sites for hydroxylation is 1. The number of nitrogens with zero attached hydrogens (tertiary/aromatic N) is 2. The van der Waals surface area contributed by atoms with Crippen LogP contribution in [-0.2, 0) is 17.8 Å². The van der Waals surface area contributed by atoms with E-state index in [1.165, 1.54) is 4.21 Å². The lowest BCUT2D eigenvalue weighted by Gasteiger charge is -2.41. The molecule has 0 radical (unpaired) electrons. The number of benzene rings is 1. The lowest BCUT2D eigenvalue weighted by molar-refractivity contribution is -0.140. The Balaban J connectivity index is 1.38. The number of pyridine rings is 1. The highest BCUT2D eigenvalue weighted by Crippen LogP contribution is 2.40. The van der Waals surface area contributed by atoms with Crippen LogP contribution in [0.4, 0.5) is 0 Å². The number of aromatic nitrogens is 1. The fourth-order valence-electron chi connectivity index (χ4n) is 5.17. The summed E-state index contributed by atoms with van der Waals surface area (Å²) in [7, 11) is 1.65. The number of aliphatic hydroxyl groups is 1. The predicted molar refractivity (Wildman–Crippen MR) is 143 cm³/mol. The van der Waals surface area contributed by atoms with Crippen molar-refractivity contribution >= 4 is 40.0 Å². The average Bonchev–Trinajstić information content (AvgIpc) is 3.38. The normalized spacial score (nSPS) is 15.9. The number of carboxylic acid groups (broad SMARTS) is 1. The third kappa shape index (κ3) is 6.76. The molecular weight excluding hydrogens is 480 g/mol. The quantitative estimate of drug-likeness (QED) is 0.310. The number of hydrogen-bond acceptors (Lipinski definition) is 7. The van der Waals surface area contributed by atoms with Crippen LogP contribution in [-0.4, -0.2) is 58.6 Å². The summed E-state index contributed by atoms with van der Waals surface area (Å²) in [5, 5.41) is 22.7. The van der Waals surface area contributed by atoms with Crippen molar-refractivity contribution < 1.29 is 19.7 Å². The molecule has 6 nitrogen and oxygen atoms in total. The number of hydrogen-bond donors (Lipinski definition) is 2. The van der Waals surface area contributed by atoms with Crippen molar-refractivity contribution in [2.75, 3.05) is 32.5 Å². The number of aliphatic hydroxyl groups excluding tert-OH is 1. The molecule has 0 unspecified atom stereocenters. The summed E-state index contributed by atoms with van der Waals surface area (Å²) < 4.78 is 6.76. The molecule has 0 bridgehead atoms. The SMILES string of the molecule is COc1ccc2ncc(CO)c(CCCC3(CC(=O)O)CCN(CCSc4cccs4)CC3)c2c1. The number of rotatable bonds is 12. The number of fused-ring (bicyclic) bond motifs is 1. The number of methoxy groups -OCH3 is 1. The van der Waals surface area contributed by atoms with E-state index in [-0.39, 0.29) is 18.4 Å². The van der Waals surface area contributed by atoms with E-state index >= 15 is 0 Å². The lowest BCUT2D eigenvalue weighted by atomic mass is 9.72. The highest BCUT2D eigenvalue weighted by molar-refractivity contribution is 8.01. The van der Waals surface area contributed by atoms with E-state index in [4.69, 9.17) is 4.74 Å². The summed E-state index contributed by atoms with van der Waals surface area (Å²) in [6.45, 7) is 2.88. The van der Waals surface area contributed by atoms with E-state index in [0.29, 0.717) is 0 Å². The molecule has 1 fully saturated rings. The van der Waals surface area contributed by atoms with Gasteiger partial charge in [0, 0.05) is 23.9 Å². The van der Waals surface area contributed by atoms with Crippen LogP contribution in [0.15, 0.2) is 46.1 Å². The average molecular weight is 515 g/mol. The van der Waals surface area contributed by atoms with Gasteiger partial charge in [0.25, 0.3) is 0 Å². The third-order valence-electron chi connectivity index (χ3n) is 7.17. The number of thioether (sulfide) groups is 1. The Kier molecular flexibility index (Phi) is 9.05. The van der Waals surface area contributed by atoms with Crippen LogP contribution in [0.3, 0.4) is 0 Å². The second-order valence-corrected chi connectivity index (χ2v) is 11.7. The van der Waals surface area contributed by atoms with Gasteiger partial charge in [0.05, 0.1) is 29.9 Å². The first-order valence-corrected chi connectivity index (χ1v) is 14.0. The van der Waals surface area contributed by atoms with Crippen molar-refractivity contribution in [2.45, 2.75) is 49.3 Å². The molecule has 2 aromatic heterocycles. The maximum Gasteiger partial charge on any atom is 0.303 e. The van der Waals surface area contributed by atoms with Gasteiger partial charge in [0.15, 0.2) is 0 Å². The van der Waals surface area contributed by atoms with Gasteiger partial charge in [0.1, 0.15) is 5.75 Å². The van der Waals surface area contributed by atoms with Crippen LogP contribution in [0.25, 0.3) is 10.9 Å². The maximum atomic E-state index is 11.8. The van der Waals surface area contributed by atoms with Gasteiger partial charge >= 0.3 is 5.97 Å². The van der Waals surface area contributed by atoms with E-state index in [1.54, 1.807) is 24.6 Å². The Morgan fingerprint density at radius 2 is 2.11 bits per heavy atom. The molecule has 1 aromatic carbocycles. The smallest absolute Gasteiger partial charge is 0.303 e. The second kappa shape index (κ2) is 12.2. The van der Waals surface area contributed by atoms with E-state index in [2.05, 4.69) is 27.4 Å². The van der Waals surface area contributed by atoms with Crippen LogP contribution in [0.5, 0.6) is 5.75 Å². The minimum absolute atomic E-state index is 0.0613. The molecule has 0 aliphatic carbocycles. The molecule has 188 valence electrons. The highest BCUT2D eigenvalue weighted by Gasteiger charge is 2.36. The minimum atomic E-state index is -0.707. The zero-order valence-corrected chi connectivity index (χ0v) is 21.9. The van der Waals surface area contributed by atoms with Crippen LogP contribution in [0.2, 0.25) is 0 Å². The van der Waals surface area contributed by atoms with Crippen LogP contribution >= 0.6 is 23.1 Å². The highest BCUT2D eigenvalue weighted by atomic mass is 32.2. The van der Waals surface area contributed by atoms with Crippen molar-refractivity contribution in [1.82, 2.24) is 9.88 Å². The zero-order valence-electron chi connectivity index (χ0n) is 20.2. The molecule has 8 heteroatoms. The summed E-state index contributed by atoms with van der Waals surface area (Å²) in [5.41, 5.74) is 2.64. The number of likely N-dealkylation sites (tertiary alicyclic amines) is 1. The van der Waals surface area contributed by atoms with Crippen molar-refractivity contribution in [3.8, 4) is 5.75 Å². The van der Waals surface area contributed by atoms with Crippen molar-refractivity contribution in [3.05, 3.63) is 53.0 Å². The molecule has 0 saturated carbocycles. The summed E-state index contributed by atoms with van der Waals surface area (Å²) in [6.07, 6.45) is 6.35. The van der Waals surface area contributed by atoms with Crippen LogP contribution in [0.1, 0.15) is 43.2 Å². The van der Waals surface area contributed by atoms with Gasteiger partial charge in [-0.2, -0.15) is 0 Å². The number of aliphatic carboxylic acids is 1. The van der Waals surface area contributed by atoms with Gasteiger partial charge in [-0.1, -0.05) is 6.07 Å². The molecule has 3 aromatic rings. The van der Waals surface area contributed by atoms with E-state index in [9.17, 15) is 15.0 Å².